The number of piperidine rings is 1. The summed E-state index contributed by atoms with van der Waals surface area (Å²) in [7, 11) is 0. The van der Waals surface area contributed by atoms with E-state index in [-0.39, 0.29) is 12.6 Å². The molecule has 1 amide bonds. The highest BCUT2D eigenvalue weighted by Gasteiger charge is 2.32. The molecule has 5 heteroatoms. The number of rotatable bonds is 6. The summed E-state index contributed by atoms with van der Waals surface area (Å²) >= 11 is 0. The Balaban J connectivity index is 1.83. The zero-order valence-corrected chi connectivity index (χ0v) is 12.4. The van der Waals surface area contributed by atoms with Crippen LogP contribution in [0.2, 0.25) is 0 Å². The average Bonchev–Trinajstić information content (AvgIpc) is 2.52. The van der Waals surface area contributed by atoms with E-state index in [1.165, 1.54) is 6.42 Å². The Labute approximate surface area is 121 Å². The number of aliphatic hydroxyl groups is 1. The fourth-order valence-corrected chi connectivity index (χ4v) is 3.14. The summed E-state index contributed by atoms with van der Waals surface area (Å²) in [6, 6.07) is 0.0796. The van der Waals surface area contributed by atoms with E-state index in [1.807, 2.05) is 4.90 Å². The van der Waals surface area contributed by atoms with Crippen LogP contribution in [0.1, 0.15) is 38.5 Å². The summed E-state index contributed by atoms with van der Waals surface area (Å²) in [5.41, 5.74) is 0. The molecule has 0 saturated carbocycles. The Morgan fingerprint density at radius 1 is 1.10 bits per heavy atom. The smallest absolute Gasteiger partial charge is 0.240 e. The molecular formula is C15H28N2O3. The minimum atomic E-state index is 0.0796. The van der Waals surface area contributed by atoms with Gasteiger partial charge in [-0.05, 0) is 45.2 Å². The number of aliphatic hydroxyl groups excluding tert-OH is 1. The van der Waals surface area contributed by atoms with Crippen LogP contribution in [0.15, 0.2) is 0 Å². The van der Waals surface area contributed by atoms with Crippen molar-refractivity contribution in [1.29, 1.82) is 0 Å². The van der Waals surface area contributed by atoms with E-state index in [2.05, 4.69) is 4.90 Å². The Morgan fingerprint density at radius 2 is 1.90 bits per heavy atom. The van der Waals surface area contributed by atoms with Crippen molar-refractivity contribution in [2.45, 2.75) is 44.6 Å². The van der Waals surface area contributed by atoms with Crippen LogP contribution in [0.4, 0.5) is 0 Å². The van der Waals surface area contributed by atoms with Gasteiger partial charge in [-0.2, -0.15) is 0 Å². The summed E-state index contributed by atoms with van der Waals surface area (Å²) in [6.07, 6.45) is 6.35. The molecule has 0 aromatic carbocycles. The van der Waals surface area contributed by atoms with Crippen LogP contribution in [-0.2, 0) is 9.53 Å². The van der Waals surface area contributed by atoms with E-state index in [0.717, 1.165) is 58.3 Å². The second-order valence-corrected chi connectivity index (χ2v) is 5.77. The number of hydrogen-bond acceptors (Lipinski definition) is 4. The van der Waals surface area contributed by atoms with E-state index >= 15 is 0 Å². The Bertz CT molecular complexity index is 293. The third-order valence-corrected chi connectivity index (χ3v) is 4.32. The molecule has 2 rings (SSSR count). The molecule has 2 saturated heterocycles. The maximum Gasteiger partial charge on any atom is 0.240 e. The van der Waals surface area contributed by atoms with E-state index in [4.69, 9.17) is 9.84 Å². The van der Waals surface area contributed by atoms with Crippen LogP contribution in [0, 0.1) is 0 Å². The number of morpholine rings is 1. The van der Waals surface area contributed by atoms with Crippen molar-refractivity contribution >= 4 is 5.91 Å². The maximum atomic E-state index is 12.6. The molecule has 1 unspecified atom stereocenters. The first-order valence-corrected chi connectivity index (χ1v) is 8.04. The van der Waals surface area contributed by atoms with Gasteiger partial charge in [-0.15, -0.1) is 0 Å². The third kappa shape index (κ3) is 4.43. The molecule has 5 nitrogen and oxygen atoms in total. The highest BCUT2D eigenvalue weighted by molar-refractivity contribution is 5.82. The van der Waals surface area contributed by atoms with Crippen LogP contribution >= 0.6 is 0 Å². The first kappa shape index (κ1) is 15.7. The normalized spacial score (nSPS) is 24.9. The van der Waals surface area contributed by atoms with Gasteiger partial charge in [-0.25, -0.2) is 0 Å². The molecule has 116 valence electrons. The monoisotopic (exact) mass is 284 g/mol. The summed E-state index contributed by atoms with van der Waals surface area (Å²) in [5.74, 6) is 0.301. The van der Waals surface area contributed by atoms with E-state index in [9.17, 15) is 4.79 Å². The number of unbranched alkanes of at least 4 members (excludes halogenated alkanes) is 2. The number of hydrogen-bond donors (Lipinski definition) is 1. The second-order valence-electron chi connectivity index (χ2n) is 5.77. The molecule has 2 aliphatic rings. The molecule has 0 aromatic heterocycles. The molecular weight excluding hydrogens is 256 g/mol. The first-order chi connectivity index (χ1) is 9.83. The number of carbonyl (C=O) groups excluding carboxylic acids is 1. The van der Waals surface area contributed by atoms with Gasteiger partial charge < -0.3 is 14.7 Å². The molecule has 1 atom stereocenters. The van der Waals surface area contributed by atoms with Crippen LogP contribution < -0.4 is 0 Å². The summed E-state index contributed by atoms with van der Waals surface area (Å²) in [5, 5.41) is 8.83. The van der Waals surface area contributed by atoms with E-state index in [1.54, 1.807) is 0 Å². The molecule has 2 heterocycles. The van der Waals surface area contributed by atoms with Gasteiger partial charge in [-0.1, -0.05) is 6.42 Å². The quantitative estimate of drug-likeness (QED) is 0.735. The topological polar surface area (TPSA) is 53.0 Å². The molecule has 2 fully saturated rings. The highest BCUT2D eigenvalue weighted by Crippen LogP contribution is 2.20. The van der Waals surface area contributed by atoms with Gasteiger partial charge in [0.2, 0.25) is 5.91 Å². The van der Waals surface area contributed by atoms with Crippen molar-refractivity contribution in [3.05, 3.63) is 0 Å². The lowest BCUT2D eigenvalue weighted by molar-refractivity contribution is -0.142. The lowest BCUT2D eigenvalue weighted by atomic mass is 10.00. The molecule has 2 aliphatic heterocycles. The molecule has 1 N–H and O–H groups in total. The summed E-state index contributed by atoms with van der Waals surface area (Å²) in [6.45, 7) is 5.14. The molecule has 20 heavy (non-hydrogen) atoms. The summed E-state index contributed by atoms with van der Waals surface area (Å²) < 4.78 is 5.32. The number of carbonyl (C=O) groups is 1. The van der Waals surface area contributed by atoms with Crippen molar-refractivity contribution in [3.8, 4) is 0 Å². The van der Waals surface area contributed by atoms with E-state index in [0.29, 0.717) is 19.1 Å². The number of nitrogens with zero attached hydrogens (tertiary/aromatic N) is 2. The van der Waals surface area contributed by atoms with Crippen molar-refractivity contribution in [2.24, 2.45) is 0 Å². The fourth-order valence-electron chi connectivity index (χ4n) is 3.14. The van der Waals surface area contributed by atoms with Gasteiger partial charge in [0.15, 0.2) is 0 Å². The minimum absolute atomic E-state index is 0.0796. The van der Waals surface area contributed by atoms with Gasteiger partial charge in [0.25, 0.3) is 0 Å². The fraction of sp³-hybridized carbons (Fsp3) is 0.933. The van der Waals surface area contributed by atoms with Gasteiger partial charge in [-0.3, -0.25) is 9.69 Å². The Morgan fingerprint density at radius 3 is 2.65 bits per heavy atom. The Hall–Kier alpha value is -0.650. The van der Waals surface area contributed by atoms with Crippen molar-refractivity contribution in [1.82, 2.24) is 9.80 Å². The average molecular weight is 284 g/mol. The van der Waals surface area contributed by atoms with Gasteiger partial charge >= 0.3 is 0 Å². The minimum Gasteiger partial charge on any atom is -0.396 e. The lowest BCUT2D eigenvalue weighted by Gasteiger charge is -2.38. The maximum absolute atomic E-state index is 12.6. The van der Waals surface area contributed by atoms with Crippen LogP contribution in [0.25, 0.3) is 0 Å². The SMILES string of the molecule is O=C(C1CCCCN1CCCCCO)N1CCOCC1. The van der Waals surface area contributed by atoms with Crippen LogP contribution in [0.3, 0.4) is 0 Å². The number of ether oxygens (including phenoxy) is 1. The number of amides is 1. The molecule has 0 radical (unpaired) electrons. The lowest BCUT2D eigenvalue weighted by Crippen LogP contribution is -2.53. The second kappa shape index (κ2) is 8.60. The predicted molar refractivity (Wildman–Crippen MR) is 77.5 cm³/mol. The highest BCUT2D eigenvalue weighted by atomic mass is 16.5. The van der Waals surface area contributed by atoms with E-state index < -0.39 is 0 Å². The largest absolute Gasteiger partial charge is 0.396 e. The molecule has 0 bridgehead atoms. The van der Waals surface area contributed by atoms with Crippen LogP contribution in [-0.4, -0.2) is 72.9 Å². The Kier molecular flexibility index (Phi) is 6.76. The van der Waals surface area contributed by atoms with Gasteiger partial charge in [0.1, 0.15) is 0 Å². The van der Waals surface area contributed by atoms with Crippen LogP contribution in [0.5, 0.6) is 0 Å². The molecule has 0 aliphatic carbocycles. The van der Waals surface area contributed by atoms with Crippen molar-refractivity contribution in [2.75, 3.05) is 46.0 Å². The van der Waals surface area contributed by atoms with Crippen molar-refractivity contribution in [3.63, 3.8) is 0 Å². The predicted octanol–water partition coefficient (Wildman–Crippen LogP) is 0.862. The van der Waals surface area contributed by atoms with Crippen molar-refractivity contribution < 1.29 is 14.6 Å². The first-order valence-electron chi connectivity index (χ1n) is 8.04. The summed E-state index contributed by atoms with van der Waals surface area (Å²) in [4.78, 5) is 17.0. The van der Waals surface area contributed by atoms with Gasteiger partial charge in [0, 0.05) is 19.7 Å². The molecule has 0 spiro atoms. The standard InChI is InChI=1S/C15H28N2O3/c18-11-5-1-3-7-16-8-4-2-6-14(16)15(19)17-9-12-20-13-10-17/h14,18H,1-13H2. The van der Waals surface area contributed by atoms with Gasteiger partial charge in [0.05, 0.1) is 19.3 Å². The third-order valence-electron chi connectivity index (χ3n) is 4.32. The zero-order valence-electron chi connectivity index (χ0n) is 12.4. The molecule has 0 aromatic rings. The number of likely N-dealkylation sites (tertiary alicyclic amines) is 1. The zero-order chi connectivity index (χ0) is 14.2.